The maximum atomic E-state index is 11.7. The van der Waals surface area contributed by atoms with Crippen LogP contribution >= 0.6 is 11.3 Å². The van der Waals surface area contributed by atoms with Crippen LogP contribution in [0.25, 0.3) is 0 Å². The van der Waals surface area contributed by atoms with Gasteiger partial charge in [-0.25, -0.2) is 4.98 Å². The summed E-state index contributed by atoms with van der Waals surface area (Å²) in [6.45, 7) is 0. The number of rotatable bonds is 3. The molecule has 2 atom stereocenters. The number of nitrogens with one attached hydrogen (secondary N) is 1. The summed E-state index contributed by atoms with van der Waals surface area (Å²) in [6.07, 6.45) is 3.29. The largest absolute Gasteiger partial charge is 0.481 e. The number of thiazole rings is 1. The summed E-state index contributed by atoms with van der Waals surface area (Å²) in [5, 5.41) is 13.9. The van der Waals surface area contributed by atoms with Gasteiger partial charge in [-0.05, 0) is 19.3 Å². The lowest BCUT2D eigenvalue weighted by Gasteiger charge is -2.08. The highest BCUT2D eigenvalue weighted by atomic mass is 32.1. The average molecular weight is 240 g/mol. The first-order valence-electron chi connectivity index (χ1n) is 5.10. The zero-order valence-corrected chi connectivity index (χ0v) is 9.37. The third-order valence-corrected chi connectivity index (χ3v) is 3.50. The molecule has 1 amide bonds. The van der Waals surface area contributed by atoms with E-state index in [-0.39, 0.29) is 17.7 Å². The molecule has 2 N–H and O–H groups in total. The Bertz CT molecular complexity index is 391. The molecule has 0 spiro atoms. The fourth-order valence-corrected chi connectivity index (χ4v) is 2.47. The third kappa shape index (κ3) is 2.38. The normalized spacial score (nSPS) is 24.2. The highest BCUT2D eigenvalue weighted by molar-refractivity contribution is 7.13. The predicted molar refractivity (Wildman–Crippen MR) is 59.2 cm³/mol. The van der Waals surface area contributed by atoms with Gasteiger partial charge >= 0.3 is 5.97 Å². The van der Waals surface area contributed by atoms with Crippen molar-refractivity contribution >= 4 is 28.3 Å². The van der Waals surface area contributed by atoms with E-state index in [1.54, 1.807) is 11.6 Å². The fourth-order valence-electron chi connectivity index (χ4n) is 1.94. The maximum Gasteiger partial charge on any atom is 0.306 e. The molecular formula is C10H12N2O3S. The Balaban J connectivity index is 1.90. The van der Waals surface area contributed by atoms with Crippen molar-refractivity contribution in [2.24, 2.45) is 11.8 Å². The van der Waals surface area contributed by atoms with E-state index in [1.807, 2.05) is 0 Å². The second-order valence-electron chi connectivity index (χ2n) is 3.87. The molecule has 0 bridgehead atoms. The van der Waals surface area contributed by atoms with Crippen LogP contribution in [-0.2, 0) is 9.59 Å². The van der Waals surface area contributed by atoms with E-state index in [1.165, 1.54) is 11.3 Å². The number of amides is 1. The quantitative estimate of drug-likeness (QED) is 0.840. The van der Waals surface area contributed by atoms with Crippen LogP contribution in [0.1, 0.15) is 19.3 Å². The number of hydrogen-bond acceptors (Lipinski definition) is 4. The van der Waals surface area contributed by atoms with Gasteiger partial charge in [0, 0.05) is 17.5 Å². The number of hydrogen-bond donors (Lipinski definition) is 2. The highest BCUT2D eigenvalue weighted by Crippen LogP contribution is 2.31. The molecule has 1 fully saturated rings. The fraction of sp³-hybridized carbons (Fsp3) is 0.500. The topological polar surface area (TPSA) is 79.3 Å². The number of carbonyl (C=O) groups is 2. The zero-order valence-electron chi connectivity index (χ0n) is 8.55. The summed E-state index contributed by atoms with van der Waals surface area (Å²) < 4.78 is 0. The van der Waals surface area contributed by atoms with Gasteiger partial charge in [0.25, 0.3) is 0 Å². The van der Waals surface area contributed by atoms with E-state index in [0.717, 1.165) is 0 Å². The Kier molecular flexibility index (Phi) is 3.19. The minimum absolute atomic E-state index is 0.112. The molecule has 0 unspecified atom stereocenters. The van der Waals surface area contributed by atoms with Crippen molar-refractivity contribution in [2.45, 2.75) is 19.3 Å². The predicted octanol–water partition coefficient (Wildman–Crippen LogP) is 1.58. The van der Waals surface area contributed by atoms with Crippen molar-refractivity contribution in [1.82, 2.24) is 4.98 Å². The number of carboxylic acid groups (broad SMARTS) is 1. The summed E-state index contributed by atoms with van der Waals surface area (Å²) in [4.78, 5) is 26.4. The molecule has 0 radical (unpaired) electrons. The molecule has 2 rings (SSSR count). The van der Waals surface area contributed by atoms with Crippen LogP contribution in [0.5, 0.6) is 0 Å². The number of anilines is 1. The molecule has 1 saturated carbocycles. The van der Waals surface area contributed by atoms with Gasteiger partial charge < -0.3 is 10.4 Å². The Hall–Kier alpha value is -1.43. The van der Waals surface area contributed by atoms with Gasteiger partial charge in [-0.2, -0.15) is 0 Å². The molecule has 6 heteroatoms. The van der Waals surface area contributed by atoms with E-state index < -0.39 is 5.97 Å². The molecule has 0 aromatic carbocycles. The van der Waals surface area contributed by atoms with Crippen LogP contribution in [-0.4, -0.2) is 22.0 Å². The number of carbonyl (C=O) groups excluding carboxylic acids is 1. The van der Waals surface area contributed by atoms with Gasteiger partial charge in [-0.15, -0.1) is 11.3 Å². The van der Waals surface area contributed by atoms with Gasteiger partial charge in [0.15, 0.2) is 5.13 Å². The zero-order chi connectivity index (χ0) is 11.5. The van der Waals surface area contributed by atoms with E-state index in [4.69, 9.17) is 5.11 Å². The lowest BCUT2D eigenvalue weighted by atomic mass is 10.0. The van der Waals surface area contributed by atoms with Crippen molar-refractivity contribution in [3.05, 3.63) is 11.6 Å². The number of aliphatic carboxylic acids is 1. The summed E-state index contributed by atoms with van der Waals surface area (Å²) in [5.74, 6) is -1.47. The molecule has 0 aliphatic heterocycles. The molecular weight excluding hydrogens is 228 g/mol. The monoisotopic (exact) mass is 240 g/mol. The van der Waals surface area contributed by atoms with Crippen LogP contribution in [0.15, 0.2) is 11.6 Å². The second-order valence-corrected chi connectivity index (χ2v) is 4.77. The van der Waals surface area contributed by atoms with Crippen LogP contribution in [0.2, 0.25) is 0 Å². The average Bonchev–Trinajstić information content (AvgIpc) is 2.86. The molecule has 86 valence electrons. The Morgan fingerprint density at radius 3 is 2.75 bits per heavy atom. The molecule has 1 aliphatic rings. The van der Waals surface area contributed by atoms with Crippen LogP contribution in [0.4, 0.5) is 5.13 Å². The molecule has 16 heavy (non-hydrogen) atoms. The lowest BCUT2D eigenvalue weighted by Crippen LogP contribution is -2.21. The maximum absolute atomic E-state index is 11.7. The number of aromatic nitrogens is 1. The summed E-state index contributed by atoms with van der Waals surface area (Å²) >= 11 is 1.36. The molecule has 5 nitrogen and oxygen atoms in total. The second kappa shape index (κ2) is 4.61. The van der Waals surface area contributed by atoms with Crippen LogP contribution < -0.4 is 5.32 Å². The molecule has 1 aromatic rings. The van der Waals surface area contributed by atoms with E-state index in [2.05, 4.69) is 10.3 Å². The number of carboxylic acids is 1. The minimum atomic E-state index is -0.801. The van der Waals surface area contributed by atoms with Crippen molar-refractivity contribution in [3.8, 4) is 0 Å². The minimum Gasteiger partial charge on any atom is -0.481 e. The highest BCUT2D eigenvalue weighted by Gasteiger charge is 2.33. The van der Waals surface area contributed by atoms with Crippen molar-refractivity contribution in [3.63, 3.8) is 0 Å². The third-order valence-electron chi connectivity index (χ3n) is 2.82. The van der Waals surface area contributed by atoms with Gasteiger partial charge in [-0.3, -0.25) is 9.59 Å². The van der Waals surface area contributed by atoms with Gasteiger partial charge in [0.05, 0.1) is 5.92 Å². The van der Waals surface area contributed by atoms with Gasteiger partial charge in [0.2, 0.25) is 5.91 Å². The standard InChI is InChI=1S/C10H12N2O3S/c13-8(12-10-11-3-4-16-10)6-1-2-7(5-6)9(14)15/h3-4,6-7H,1-2,5H2,(H,14,15)(H,11,12,13)/t6-,7+/m0/s1. The van der Waals surface area contributed by atoms with Crippen LogP contribution in [0.3, 0.4) is 0 Å². The Morgan fingerprint density at radius 1 is 1.44 bits per heavy atom. The van der Waals surface area contributed by atoms with E-state index in [0.29, 0.717) is 24.4 Å². The van der Waals surface area contributed by atoms with Gasteiger partial charge in [-0.1, -0.05) is 0 Å². The first-order valence-corrected chi connectivity index (χ1v) is 5.98. The van der Waals surface area contributed by atoms with E-state index in [9.17, 15) is 9.59 Å². The molecule has 0 saturated heterocycles. The van der Waals surface area contributed by atoms with Crippen molar-refractivity contribution in [2.75, 3.05) is 5.32 Å². The summed E-state index contributed by atoms with van der Waals surface area (Å²) in [5.41, 5.74) is 0. The SMILES string of the molecule is O=C(O)[C@@H]1CC[C@H](C(=O)Nc2nccs2)C1. The van der Waals surface area contributed by atoms with Crippen molar-refractivity contribution < 1.29 is 14.7 Å². The smallest absolute Gasteiger partial charge is 0.306 e. The first-order chi connectivity index (χ1) is 7.66. The van der Waals surface area contributed by atoms with Crippen molar-refractivity contribution in [1.29, 1.82) is 0 Å². The van der Waals surface area contributed by atoms with Crippen LogP contribution in [0, 0.1) is 11.8 Å². The first kappa shape index (κ1) is 11.1. The summed E-state index contributed by atoms with van der Waals surface area (Å²) in [7, 11) is 0. The Labute approximate surface area is 96.5 Å². The summed E-state index contributed by atoms with van der Waals surface area (Å²) in [6, 6.07) is 0. The molecule has 1 aliphatic carbocycles. The molecule has 1 heterocycles. The van der Waals surface area contributed by atoms with E-state index >= 15 is 0 Å². The Morgan fingerprint density at radius 2 is 2.19 bits per heavy atom. The number of nitrogens with zero attached hydrogens (tertiary/aromatic N) is 1. The van der Waals surface area contributed by atoms with Gasteiger partial charge in [0.1, 0.15) is 0 Å². The lowest BCUT2D eigenvalue weighted by molar-refractivity contribution is -0.141. The molecule has 1 aromatic heterocycles.